The average molecular weight is 331 g/mol. The Labute approximate surface area is 118 Å². The number of halogens is 2. The van der Waals surface area contributed by atoms with Crippen molar-refractivity contribution in [3.63, 3.8) is 0 Å². The molecule has 0 aromatic carbocycles. The number of aromatic nitrogens is 3. The number of hydrazine groups is 1. The molecule has 3 N–H and O–H groups in total. The third kappa shape index (κ3) is 2.50. The van der Waals surface area contributed by atoms with Gasteiger partial charge < -0.3 is 5.43 Å². The van der Waals surface area contributed by atoms with Crippen molar-refractivity contribution in [1.29, 1.82) is 0 Å². The highest BCUT2D eigenvalue weighted by Crippen LogP contribution is 2.22. The Morgan fingerprint density at radius 2 is 2.17 bits per heavy atom. The van der Waals surface area contributed by atoms with E-state index in [1.54, 1.807) is 12.1 Å². The molecule has 0 saturated carbocycles. The molecule has 0 aliphatic heterocycles. The van der Waals surface area contributed by atoms with Gasteiger partial charge in [-0.2, -0.15) is 5.10 Å². The largest absolute Gasteiger partial charge is 0.308 e. The van der Waals surface area contributed by atoms with Crippen LogP contribution in [0.5, 0.6) is 0 Å². The SMILES string of the molecule is Cc1nn(Cc2nc(NN)ccc2Cl)c(C)c1Br. The van der Waals surface area contributed by atoms with Crippen LogP contribution in [0.3, 0.4) is 0 Å². The summed E-state index contributed by atoms with van der Waals surface area (Å²) in [6.07, 6.45) is 0. The summed E-state index contributed by atoms with van der Waals surface area (Å²) in [5, 5.41) is 5.02. The molecule has 7 heteroatoms. The smallest absolute Gasteiger partial charge is 0.140 e. The fourth-order valence-electron chi connectivity index (χ4n) is 1.65. The first kappa shape index (κ1) is 13.3. The summed E-state index contributed by atoms with van der Waals surface area (Å²) in [7, 11) is 0. The van der Waals surface area contributed by atoms with Crippen molar-refractivity contribution in [3.8, 4) is 0 Å². The average Bonchev–Trinajstić information content (AvgIpc) is 2.60. The second-order valence-electron chi connectivity index (χ2n) is 3.91. The van der Waals surface area contributed by atoms with Crippen molar-refractivity contribution >= 4 is 33.3 Å². The molecule has 0 unspecified atom stereocenters. The van der Waals surface area contributed by atoms with Crippen molar-refractivity contribution < 1.29 is 0 Å². The second kappa shape index (κ2) is 5.26. The molecule has 0 saturated heterocycles. The molecule has 0 atom stereocenters. The Morgan fingerprint density at radius 1 is 1.44 bits per heavy atom. The Morgan fingerprint density at radius 3 is 2.72 bits per heavy atom. The molecule has 0 aliphatic carbocycles. The molecule has 2 aromatic heterocycles. The minimum absolute atomic E-state index is 0.507. The molecule has 0 radical (unpaired) electrons. The molecule has 0 amide bonds. The summed E-state index contributed by atoms with van der Waals surface area (Å²) < 4.78 is 2.86. The van der Waals surface area contributed by atoms with Crippen molar-refractivity contribution in [2.24, 2.45) is 5.84 Å². The van der Waals surface area contributed by atoms with Crippen molar-refractivity contribution in [1.82, 2.24) is 14.8 Å². The van der Waals surface area contributed by atoms with Gasteiger partial charge in [0.25, 0.3) is 0 Å². The maximum Gasteiger partial charge on any atom is 0.140 e. The molecular formula is C11H13BrClN5. The molecular weight excluding hydrogens is 318 g/mol. The van der Waals surface area contributed by atoms with Crippen LogP contribution in [-0.4, -0.2) is 14.8 Å². The third-order valence-corrected chi connectivity index (χ3v) is 4.15. The van der Waals surface area contributed by atoms with Gasteiger partial charge in [0.05, 0.1) is 33.1 Å². The lowest BCUT2D eigenvalue weighted by molar-refractivity contribution is 0.647. The van der Waals surface area contributed by atoms with E-state index in [1.807, 2.05) is 18.5 Å². The van der Waals surface area contributed by atoms with E-state index < -0.39 is 0 Å². The number of nitrogen functional groups attached to an aromatic ring is 1. The maximum absolute atomic E-state index is 6.12. The third-order valence-electron chi connectivity index (χ3n) is 2.66. The van der Waals surface area contributed by atoms with Crippen LogP contribution in [0.2, 0.25) is 5.02 Å². The number of hydrogen-bond acceptors (Lipinski definition) is 4. The number of anilines is 1. The van der Waals surface area contributed by atoms with Gasteiger partial charge >= 0.3 is 0 Å². The number of pyridine rings is 1. The zero-order chi connectivity index (χ0) is 13.3. The molecule has 0 fully saturated rings. The molecule has 0 bridgehead atoms. The van der Waals surface area contributed by atoms with Crippen molar-refractivity contribution in [2.45, 2.75) is 20.4 Å². The van der Waals surface area contributed by atoms with Crippen LogP contribution in [-0.2, 0) is 6.54 Å². The highest BCUT2D eigenvalue weighted by molar-refractivity contribution is 9.10. The zero-order valence-electron chi connectivity index (χ0n) is 10.0. The van der Waals surface area contributed by atoms with E-state index in [1.165, 1.54) is 0 Å². The first-order valence-corrected chi connectivity index (χ1v) is 6.51. The number of rotatable bonds is 3. The van der Waals surface area contributed by atoms with E-state index in [0.29, 0.717) is 17.4 Å². The predicted octanol–water partition coefficient (Wildman–Crippen LogP) is 2.64. The summed E-state index contributed by atoms with van der Waals surface area (Å²) in [4.78, 5) is 4.32. The van der Waals surface area contributed by atoms with Gasteiger partial charge in [-0.25, -0.2) is 10.8 Å². The summed E-state index contributed by atoms with van der Waals surface area (Å²) in [5.41, 5.74) is 5.21. The van der Waals surface area contributed by atoms with E-state index in [9.17, 15) is 0 Å². The van der Waals surface area contributed by atoms with Crippen molar-refractivity contribution in [2.75, 3.05) is 5.43 Å². The van der Waals surface area contributed by atoms with Crippen molar-refractivity contribution in [3.05, 3.63) is 38.7 Å². The summed E-state index contributed by atoms with van der Waals surface area (Å²) in [5.74, 6) is 5.91. The van der Waals surface area contributed by atoms with E-state index >= 15 is 0 Å². The zero-order valence-corrected chi connectivity index (χ0v) is 12.4. The van der Waals surface area contributed by atoms with Crippen LogP contribution in [0.25, 0.3) is 0 Å². The number of nitrogens with zero attached hydrogens (tertiary/aromatic N) is 3. The lowest BCUT2D eigenvalue weighted by Crippen LogP contribution is -2.11. The quantitative estimate of drug-likeness (QED) is 0.670. The van der Waals surface area contributed by atoms with Gasteiger partial charge in [0.1, 0.15) is 5.82 Å². The van der Waals surface area contributed by atoms with Gasteiger partial charge in [0.2, 0.25) is 0 Å². The Bertz CT molecular complexity index is 581. The topological polar surface area (TPSA) is 68.8 Å². The number of nitrogens with two attached hydrogens (primary N) is 1. The monoisotopic (exact) mass is 329 g/mol. The van der Waals surface area contributed by atoms with Crippen LogP contribution >= 0.6 is 27.5 Å². The summed E-state index contributed by atoms with van der Waals surface area (Å²) in [6.45, 7) is 4.44. The van der Waals surface area contributed by atoms with Crippen LogP contribution in [0, 0.1) is 13.8 Å². The van der Waals surface area contributed by atoms with E-state index in [0.717, 1.165) is 21.6 Å². The highest BCUT2D eigenvalue weighted by atomic mass is 79.9. The van der Waals surface area contributed by atoms with E-state index in [4.69, 9.17) is 17.4 Å². The minimum Gasteiger partial charge on any atom is -0.308 e. The number of hydrogen-bond donors (Lipinski definition) is 2. The van der Waals surface area contributed by atoms with Gasteiger partial charge in [0, 0.05) is 0 Å². The van der Waals surface area contributed by atoms with Crippen LogP contribution in [0.15, 0.2) is 16.6 Å². The number of aryl methyl sites for hydroxylation is 1. The fraction of sp³-hybridized carbons (Fsp3) is 0.273. The van der Waals surface area contributed by atoms with E-state index in [-0.39, 0.29) is 0 Å². The fourth-order valence-corrected chi connectivity index (χ4v) is 2.10. The molecule has 2 rings (SSSR count). The second-order valence-corrected chi connectivity index (χ2v) is 5.11. The minimum atomic E-state index is 0.507. The Hall–Kier alpha value is -1.11. The molecule has 2 aromatic rings. The molecule has 96 valence electrons. The Balaban J connectivity index is 2.36. The van der Waals surface area contributed by atoms with Gasteiger partial charge in [-0.1, -0.05) is 11.6 Å². The first-order chi connectivity index (χ1) is 8.52. The Kier molecular flexibility index (Phi) is 3.89. The molecule has 0 spiro atoms. The molecule has 2 heterocycles. The lowest BCUT2D eigenvalue weighted by Gasteiger charge is -2.08. The summed E-state index contributed by atoms with van der Waals surface area (Å²) >= 11 is 9.61. The van der Waals surface area contributed by atoms with Crippen LogP contribution in [0.1, 0.15) is 17.1 Å². The van der Waals surface area contributed by atoms with Crippen LogP contribution in [0.4, 0.5) is 5.82 Å². The predicted molar refractivity (Wildman–Crippen MR) is 75.6 cm³/mol. The lowest BCUT2D eigenvalue weighted by atomic mass is 10.3. The van der Waals surface area contributed by atoms with Gasteiger partial charge in [-0.15, -0.1) is 0 Å². The summed E-state index contributed by atoms with van der Waals surface area (Å²) in [6, 6.07) is 3.49. The number of nitrogens with one attached hydrogen (secondary N) is 1. The van der Waals surface area contributed by atoms with Gasteiger partial charge in [-0.3, -0.25) is 4.68 Å². The maximum atomic E-state index is 6.12. The van der Waals surface area contributed by atoms with Crippen LogP contribution < -0.4 is 11.3 Å². The molecule has 0 aliphatic rings. The highest BCUT2D eigenvalue weighted by Gasteiger charge is 2.11. The van der Waals surface area contributed by atoms with Gasteiger partial charge in [-0.05, 0) is 41.9 Å². The van der Waals surface area contributed by atoms with Gasteiger partial charge in [0.15, 0.2) is 0 Å². The first-order valence-electron chi connectivity index (χ1n) is 5.34. The normalized spacial score (nSPS) is 10.7. The van der Waals surface area contributed by atoms with E-state index in [2.05, 4.69) is 31.4 Å². The molecule has 18 heavy (non-hydrogen) atoms. The molecule has 5 nitrogen and oxygen atoms in total. The standard InChI is InChI=1S/C11H13BrClN5/c1-6-11(12)7(2)18(17-6)5-9-8(13)3-4-10(15-9)16-14/h3-4H,5,14H2,1-2H3,(H,15,16).